The highest BCUT2D eigenvalue weighted by Crippen LogP contribution is 2.24. The van der Waals surface area contributed by atoms with Gasteiger partial charge in [-0.05, 0) is 12.1 Å². The van der Waals surface area contributed by atoms with E-state index in [0.29, 0.717) is 28.2 Å². The van der Waals surface area contributed by atoms with Gasteiger partial charge in [0.2, 0.25) is 0 Å². The molecule has 0 bridgehead atoms. The zero-order chi connectivity index (χ0) is 12.3. The Morgan fingerprint density at radius 2 is 1.94 bits per heavy atom. The van der Waals surface area contributed by atoms with Gasteiger partial charge in [-0.25, -0.2) is 15.0 Å². The number of anilines is 4. The van der Waals surface area contributed by atoms with Crippen LogP contribution in [0.4, 0.5) is 23.1 Å². The van der Waals surface area contributed by atoms with Crippen molar-refractivity contribution in [1.29, 1.82) is 0 Å². The summed E-state index contributed by atoms with van der Waals surface area (Å²) < 4.78 is 0. The number of aromatic nitrogens is 3. The number of hydrogen-bond donors (Lipinski definition) is 3. The fraction of sp³-hybridized carbons (Fsp3) is 0.100. The summed E-state index contributed by atoms with van der Waals surface area (Å²) in [6.45, 7) is 0. The van der Waals surface area contributed by atoms with Crippen LogP contribution in [0.2, 0.25) is 5.02 Å². The van der Waals surface area contributed by atoms with E-state index < -0.39 is 0 Å². The topological polar surface area (TPSA) is 88.8 Å². The van der Waals surface area contributed by atoms with Gasteiger partial charge in [-0.2, -0.15) is 0 Å². The molecule has 0 saturated carbocycles. The molecule has 2 heterocycles. The molecule has 0 spiro atoms. The molecular formula is C10H11ClN6. The first-order valence-corrected chi connectivity index (χ1v) is 5.25. The van der Waals surface area contributed by atoms with Crippen LogP contribution in [0.1, 0.15) is 0 Å². The average Bonchev–Trinajstić information content (AvgIpc) is 2.35. The lowest BCUT2D eigenvalue weighted by Crippen LogP contribution is -2.05. The maximum atomic E-state index is 5.87. The Hall–Kier alpha value is -2.08. The Morgan fingerprint density at radius 3 is 2.59 bits per heavy atom. The van der Waals surface area contributed by atoms with Gasteiger partial charge < -0.3 is 16.4 Å². The van der Waals surface area contributed by atoms with Crippen molar-refractivity contribution in [3.8, 4) is 0 Å². The molecule has 6 nitrogen and oxygen atoms in total. The average molecular weight is 251 g/mol. The third-order valence-electron chi connectivity index (χ3n) is 2.09. The van der Waals surface area contributed by atoms with Gasteiger partial charge in [0.15, 0.2) is 11.6 Å². The van der Waals surface area contributed by atoms with E-state index in [1.807, 2.05) is 0 Å². The smallest absolute Gasteiger partial charge is 0.160 e. The molecule has 7 heteroatoms. The lowest BCUT2D eigenvalue weighted by Gasteiger charge is -2.09. The van der Waals surface area contributed by atoms with Crippen molar-refractivity contribution in [1.82, 2.24) is 15.0 Å². The van der Waals surface area contributed by atoms with Gasteiger partial charge in [0.05, 0.1) is 5.02 Å². The molecule has 0 radical (unpaired) electrons. The van der Waals surface area contributed by atoms with Gasteiger partial charge in [0, 0.05) is 13.2 Å². The fourth-order valence-corrected chi connectivity index (χ4v) is 1.38. The van der Waals surface area contributed by atoms with Crippen LogP contribution in [0.3, 0.4) is 0 Å². The van der Waals surface area contributed by atoms with Crippen molar-refractivity contribution in [2.75, 3.05) is 23.4 Å². The Bertz CT molecular complexity index is 513. The summed E-state index contributed by atoms with van der Waals surface area (Å²) in [5, 5.41) is 6.43. The summed E-state index contributed by atoms with van der Waals surface area (Å²) in [4.78, 5) is 12.1. The van der Waals surface area contributed by atoms with E-state index in [-0.39, 0.29) is 0 Å². The van der Waals surface area contributed by atoms with Crippen LogP contribution in [-0.2, 0) is 0 Å². The number of rotatable bonds is 3. The molecular weight excluding hydrogens is 240 g/mol. The van der Waals surface area contributed by atoms with Gasteiger partial charge in [-0.3, -0.25) is 0 Å². The van der Waals surface area contributed by atoms with Crippen LogP contribution in [-0.4, -0.2) is 22.0 Å². The predicted octanol–water partition coefficient (Wildman–Crippen LogP) is 1.89. The van der Waals surface area contributed by atoms with Gasteiger partial charge in [0.25, 0.3) is 0 Å². The zero-order valence-corrected chi connectivity index (χ0v) is 9.86. The van der Waals surface area contributed by atoms with E-state index >= 15 is 0 Å². The minimum Gasteiger partial charge on any atom is -0.393 e. The number of halogens is 1. The highest BCUT2D eigenvalue weighted by molar-refractivity contribution is 6.30. The van der Waals surface area contributed by atoms with Gasteiger partial charge in [-0.15, -0.1) is 0 Å². The number of nitrogen functional groups attached to an aromatic ring is 1. The molecule has 0 aliphatic heterocycles. The van der Waals surface area contributed by atoms with Crippen LogP contribution in [0, 0.1) is 0 Å². The highest BCUT2D eigenvalue weighted by Gasteiger charge is 2.07. The SMILES string of the molecule is CNc1ncnc(Nc2ccc(Cl)cn2)c1N. The molecule has 0 fully saturated rings. The second-order valence-electron chi connectivity index (χ2n) is 3.22. The summed E-state index contributed by atoms with van der Waals surface area (Å²) >= 11 is 5.74. The van der Waals surface area contributed by atoms with Crippen molar-refractivity contribution in [2.24, 2.45) is 0 Å². The molecule has 2 rings (SSSR count). The summed E-state index contributed by atoms with van der Waals surface area (Å²) in [6, 6.07) is 3.47. The van der Waals surface area contributed by atoms with Gasteiger partial charge in [0.1, 0.15) is 17.8 Å². The lowest BCUT2D eigenvalue weighted by atomic mass is 10.4. The minimum atomic E-state index is 0.437. The number of nitrogens with one attached hydrogen (secondary N) is 2. The van der Waals surface area contributed by atoms with E-state index in [4.69, 9.17) is 17.3 Å². The number of hydrogen-bond acceptors (Lipinski definition) is 6. The van der Waals surface area contributed by atoms with Crippen molar-refractivity contribution in [2.45, 2.75) is 0 Å². The van der Waals surface area contributed by atoms with E-state index in [1.165, 1.54) is 6.33 Å². The quantitative estimate of drug-likeness (QED) is 0.771. The van der Waals surface area contributed by atoms with Gasteiger partial charge >= 0.3 is 0 Å². The monoisotopic (exact) mass is 250 g/mol. The van der Waals surface area contributed by atoms with Crippen LogP contribution in [0.25, 0.3) is 0 Å². The standard InChI is InChI=1S/C10H11ClN6/c1-13-9-8(12)10(16-5-15-9)17-7-3-2-6(11)4-14-7/h2-5H,12H2,1H3,(H2,13,14,15,16,17). The lowest BCUT2D eigenvalue weighted by molar-refractivity contribution is 1.15. The Balaban J connectivity index is 2.27. The van der Waals surface area contributed by atoms with Crippen molar-refractivity contribution < 1.29 is 0 Å². The van der Waals surface area contributed by atoms with Gasteiger partial charge in [-0.1, -0.05) is 11.6 Å². The number of nitrogens with two attached hydrogens (primary N) is 1. The summed E-state index contributed by atoms with van der Waals surface area (Å²) in [5.41, 5.74) is 6.30. The summed E-state index contributed by atoms with van der Waals surface area (Å²) in [5.74, 6) is 1.68. The van der Waals surface area contributed by atoms with Crippen LogP contribution in [0.15, 0.2) is 24.7 Å². The molecule has 0 unspecified atom stereocenters. The first kappa shape index (κ1) is 11.4. The molecule has 4 N–H and O–H groups in total. The first-order chi connectivity index (χ1) is 8.20. The number of pyridine rings is 1. The molecule has 17 heavy (non-hydrogen) atoms. The van der Waals surface area contributed by atoms with Crippen molar-refractivity contribution in [3.63, 3.8) is 0 Å². The minimum absolute atomic E-state index is 0.437. The summed E-state index contributed by atoms with van der Waals surface area (Å²) in [7, 11) is 1.74. The van der Waals surface area contributed by atoms with E-state index in [1.54, 1.807) is 25.4 Å². The van der Waals surface area contributed by atoms with Crippen molar-refractivity contribution in [3.05, 3.63) is 29.7 Å². The Kier molecular flexibility index (Phi) is 3.24. The molecule has 0 atom stereocenters. The predicted molar refractivity (Wildman–Crippen MR) is 68.5 cm³/mol. The van der Waals surface area contributed by atoms with E-state index in [9.17, 15) is 0 Å². The maximum absolute atomic E-state index is 5.87. The molecule has 0 aliphatic rings. The molecule has 0 amide bonds. The molecule has 2 aromatic rings. The third kappa shape index (κ3) is 2.54. The third-order valence-corrected chi connectivity index (χ3v) is 2.32. The first-order valence-electron chi connectivity index (χ1n) is 4.87. The largest absolute Gasteiger partial charge is 0.393 e. The zero-order valence-electron chi connectivity index (χ0n) is 9.11. The molecule has 0 saturated heterocycles. The highest BCUT2D eigenvalue weighted by atomic mass is 35.5. The molecule has 88 valence electrons. The Morgan fingerprint density at radius 1 is 1.18 bits per heavy atom. The Labute approximate surface area is 103 Å². The number of nitrogens with zero attached hydrogens (tertiary/aromatic N) is 3. The maximum Gasteiger partial charge on any atom is 0.160 e. The van der Waals surface area contributed by atoms with E-state index in [0.717, 1.165) is 0 Å². The molecule has 0 aliphatic carbocycles. The molecule has 2 aromatic heterocycles. The molecule has 0 aromatic carbocycles. The fourth-order valence-electron chi connectivity index (χ4n) is 1.27. The second kappa shape index (κ2) is 4.84. The summed E-state index contributed by atoms with van der Waals surface area (Å²) in [6.07, 6.45) is 2.96. The van der Waals surface area contributed by atoms with Crippen LogP contribution < -0.4 is 16.4 Å². The van der Waals surface area contributed by atoms with Crippen molar-refractivity contribution >= 4 is 34.7 Å². The van der Waals surface area contributed by atoms with Crippen LogP contribution >= 0.6 is 11.6 Å². The van der Waals surface area contributed by atoms with E-state index in [2.05, 4.69) is 25.6 Å². The van der Waals surface area contributed by atoms with Crippen LogP contribution in [0.5, 0.6) is 0 Å². The second-order valence-corrected chi connectivity index (χ2v) is 3.66. The normalized spacial score (nSPS) is 10.0.